The lowest BCUT2D eigenvalue weighted by Gasteiger charge is -1.91. The van der Waals surface area contributed by atoms with Gasteiger partial charge in [-0.1, -0.05) is 27.7 Å². The van der Waals surface area contributed by atoms with E-state index in [0.717, 1.165) is 5.33 Å². The Bertz CT molecular complexity index is 164. The molecule has 10 heavy (non-hydrogen) atoms. The van der Waals surface area contributed by atoms with Gasteiger partial charge in [0.25, 0.3) is 0 Å². The number of hydrogen-bond donors (Lipinski definition) is 0. The number of thioether (sulfide) groups is 1. The summed E-state index contributed by atoms with van der Waals surface area (Å²) in [5.41, 5.74) is 0. The molecule has 4 heteroatoms. The fraction of sp³-hybridized carbons (Fsp3) is 0.500. The van der Waals surface area contributed by atoms with Crippen LogP contribution in [-0.4, -0.2) is 16.1 Å². The average Bonchev–Trinajstić information content (AvgIpc) is 2.41. The summed E-state index contributed by atoms with van der Waals surface area (Å²) in [5, 5.41) is 3.10. The molecule has 0 aliphatic carbocycles. The maximum Gasteiger partial charge on any atom is 0.149 e. The minimum atomic E-state index is 1.09. The zero-order chi connectivity index (χ0) is 7.23. The van der Waals surface area contributed by atoms with Gasteiger partial charge in [0.05, 0.1) is 0 Å². The van der Waals surface area contributed by atoms with Crippen LogP contribution >= 0.6 is 39.0 Å². The summed E-state index contributed by atoms with van der Waals surface area (Å²) in [6, 6.07) is 0. The van der Waals surface area contributed by atoms with Gasteiger partial charge in [-0.15, -0.1) is 11.3 Å². The van der Waals surface area contributed by atoms with Crippen LogP contribution in [0, 0.1) is 0 Å². The van der Waals surface area contributed by atoms with Crippen molar-refractivity contribution in [3.8, 4) is 0 Å². The van der Waals surface area contributed by atoms with E-state index >= 15 is 0 Å². The maximum atomic E-state index is 4.15. The molecule has 0 bridgehead atoms. The molecule has 1 aromatic rings. The van der Waals surface area contributed by atoms with Gasteiger partial charge in [0.1, 0.15) is 4.34 Å². The average molecular weight is 238 g/mol. The fourth-order valence-corrected chi connectivity index (χ4v) is 2.79. The van der Waals surface area contributed by atoms with E-state index in [1.165, 1.54) is 16.5 Å². The Morgan fingerprint density at radius 1 is 1.70 bits per heavy atom. The second kappa shape index (κ2) is 5.16. The predicted octanol–water partition coefficient (Wildman–Crippen LogP) is 3.02. The Hall–Kier alpha value is 0.460. The van der Waals surface area contributed by atoms with Gasteiger partial charge >= 0.3 is 0 Å². The lowest BCUT2D eigenvalue weighted by atomic mass is 10.6. The lowest BCUT2D eigenvalue weighted by Crippen LogP contribution is -1.78. The standard InChI is InChI=1S/C6H8BrNS2/c7-2-1-4-9-6-8-3-5-10-6/h3,5H,1-2,4H2. The highest BCUT2D eigenvalue weighted by Crippen LogP contribution is 2.20. The molecule has 1 heterocycles. The molecule has 0 amide bonds. The molecule has 0 saturated heterocycles. The third-order valence-corrected chi connectivity index (χ3v) is 3.53. The SMILES string of the molecule is BrCCCSc1nccs1. The Morgan fingerprint density at radius 3 is 3.20 bits per heavy atom. The van der Waals surface area contributed by atoms with Crippen LogP contribution in [0.4, 0.5) is 0 Å². The van der Waals surface area contributed by atoms with E-state index in [4.69, 9.17) is 0 Å². The first-order valence-corrected chi connectivity index (χ1v) is 6.00. The van der Waals surface area contributed by atoms with Crippen LogP contribution in [0.5, 0.6) is 0 Å². The molecule has 0 radical (unpaired) electrons. The molecule has 1 nitrogen and oxygen atoms in total. The van der Waals surface area contributed by atoms with Crippen molar-refractivity contribution in [2.45, 2.75) is 10.8 Å². The molecule has 0 N–H and O–H groups in total. The molecule has 0 spiro atoms. The number of nitrogens with zero attached hydrogens (tertiary/aromatic N) is 1. The van der Waals surface area contributed by atoms with Crippen molar-refractivity contribution in [3.63, 3.8) is 0 Å². The lowest BCUT2D eigenvalue weighted by molar-refractivity contribution is 1.13. The molecule has 56 valence electrons. The van der Waals surface area contributed by atoms with E-state index in [0.29, 0.717) is 0 Å². The monoisotopic (exact) mass is 237 g/mol. The molecule has 0 atom stereocenters. The molecule has 0 saturated carbocycles. The van der Waals surface area contributed by atoms with Crippen molar-refractivity contribution >= 4 is 39.0 Å². The van der Waals surface area contributed by atoms with Gasteiger partial charge in [0.2, 0.25) is 0 Å². The third-order valence-electron chi connectivity index (χ3n) is 0.913. The minimum absolute atomic E-state index is 1.09. The Balaban J connectivity index is 2.15. The number of hydrogen-bond acceptors (Lipinski definition) is 3. The van der Waals surface area contributed by atoms with Crippen LogP contribution in [0.3, 0.4) is 0 Å². The minimum Gasteiger partial charge on any atom is -0.238 e. The topological polar surface area (TPSA) is 12.9 Å². The van der Waals surface area contributed by atoms with Gasteiger partial charge in [-0.25, -0.2) is 4.98 Å². The van der Waals surface area contributed by atoms with Crippen molar-refractivity contribution in [2.24, 2.45) is 0 Å². The molecule has 0 aromatic carbocycles. The number of aromatic nitrogens is 1. The summed E-state index contributed by atoms with van der Waals surface area (Å²) < 4.78 is 1.18. The highest BCUT2D eigenvalue weighted by Gasteiger charge is 1.93. The van der Waals surface area contributed by atoms with Crippen LogP contribution in [-0.2, 0) is 0 Å². The van der Waals surface area contributed by atoms with Crippen LogP contribution in [0.1, 0.15) is 6.42 Å². The zero-order valence-electron chi connectivity index (χ0n) is 5.42. The normalized spacial score (nSPS) is 10.1. The molecule has 0 aliphatic heterocycles. The third kappa shape index (κ3) is 3.03. The van der Waals surface area contributed by atoms with Crippen LogP contribution in [0.25, 0.3) is 0 Å². The summed E-state index contributed by atoms with van der Waals surface area (Å²) in [6.45, 7) is 0. The molecule has 1 rings (SSSR count). The van der Waals surface area contributed by atoms with E-state index in [1.54, 1.807) is 11.3 Å². The number of thiazole rings is 1. The fourth-order valence-electron chi connectivity index (χ4n) is 0.496. The first-order valence-electron chi connectivity index (χ1n) is 3.02. The van der Waals surface area contributed by atoms with E-state index < -0.39 is 0 Å². The summed E-state index contributed by atoms with van der Waals surface area (Å²) in [7, 11) is 0. The number of halogens is 1. The molecule has 0 aliphatic rings. The first kappa shape index (κ1) is 8.56. The molecule has 1 aromatic heterocycles. The zero-order valence-corrected chi connectivity index (χ0v) is 8.64. The van der Waals surface area contributed by atoms with Crippen molar-refractivity contribution in [2.75, 3.05) is 11.1 Å². The first-order chi connectivity index (χ1) is 4.93. The summed E-state index contributed by atoms with van der Waals surface area (Å²) in [6.07, 6.45) is 3.06. The van der Waals surface area contributed by atoms with Crippen molar-refractivity contribution in [1.29, 1.82) is 0 Å². The van der Waals surface area contributed by atoms with Crippen LogP contribution < -0.4 is 0 Å². The number of alkyl halides is 1. The summed E-state index contributed by atoms with van der Waals surface area (Å²) in [4.78, 5) is 4.15. The van der Waals surface area contributed by atoms with Crippen LogP contribution in [0.2, 0.25) is 0 Å². The molecular formula is C6H8BrNS2. The number of rotatable bonds is 4. The summed E-state index contributed by atoms with van der Waals surface area (Å²) in [5.74, 6) is 1.17. The van der Waals surface area contributed by atoms with E-state index in [-0.39, 0.29) is 0 Å². The van der Waals surface area contributed by atoms with Crippen molar-refractivity contribution in [1.82, 2.24) is 4.98 Å². The largest absolute Gasteiger partial charge is 0.238 e. The van der Waals surface area contributed by atoms with E-state index in [1.807, 2.05) is 23.3 Å². The highest BCUT2D eigenvalue weighted by molar-refractivity contribution is 9.09. The highest BCUT2D eigenvalue weighted by atomic mass is 79.9. The quantitative estimate of drug-likeness (QED) is 0.454. The van der Waals surface area contributed by atoms with Gasteiger partial charge in [0.15, 0.2) is 0 Å². The van der Waals surface area contributed by atoms with Crippen molar-refractivity contribution < 1.29 is 0 Å². The second-order valence-electron chi connectivity index (χ2n) is 1.69. The Morgan fingerprint density at radius 2 is 2.60 bits per heavy atom. The molecule has 0 unspecified atom stereocenters. The van der Waals surface area contributed by atoms with Crippen LogP contribution in [0.15, 0.2) is 15.9 Å². The Labute approximate surface area is 77.4 Å². The Kier molecular flexibility index (Phi) is 4.41. The molecular weight excluding hydrogens is 230 g/mol. The van der Waals surface area contributed by atoms with E-state index in [2.05, 4.69) is 20.9 Å². The van der Waals surface area contributed by atoms with Gasteiger partial charge in [-0.2, -0.15) is 0 Å². The van der Waals surface area contributed by atoms with Gasteiger partial charge in [0, 0.05) is 22.7 Å². The molecule has 0 fully saturated rings. The van der Waals surface area contributed by atoms with Gasteiger partial charge in [-0.05, 0) is 6.42 Å². The maximum absolute atomic E-state index is 4.15. The predicted molar refractivity (Wildman–Crippen MR) is 51.2 cm³/mol. The van der Waals surface area contributed by atoms with Gasteiger partial charge in [-0.3, -0.25) is 0 Å². The summed E-state index contributed by atoms with van der Waals surface area (Å²) >= 11 is 6.92. The smallest absolute Gasteiger partial charge is 0.149 e. The van der Waals surface area contributed by atoms with E-state index in [9.17, 15) is 0 Å². The second-order valence-corrected chi connectivity index (χ2v) is 4.72. The van der Waals surface area contributed by atoms with Gasteiger partial charge < -0.3 is 0 Å². The van der Waals surface area contributed by atoms with Crippen molar-refractivity contribution in [3.05, 3.63) is 11.6 Å².